The van der Waals surface area contributed by atoms with E-state index in [0.717, 1.165) is 0 Å². The van der Waals surface area contributed by atoms with Gasteiger partial charge >= 0.3 is 5.97 Å². The van der Waals surface area contributed by atoms with Crippen LogP contribution < -0.4 is 0 Å². The van der Waals surface area contributed by atoms with E-state index in [1.54, 1.807) is 31.2 Å². The number of imidazole rings is 1. The number of carboxylic acid groups (broad SMARTS) is 1. The smallest absolute Gasteiger partial charge is 0.354 e. The van der Waals surface area contributed by atoms with Gasteiger partial charge in [0.25, 0.3) is 0 Å². The van der Waals surface area contributed by atoms with Crippen molar-refractivity contribution in [2.24, 2.45) is 0 Å². The van der Waals surface area contributed by atoms with Gasteiger partial charge in [-0.15, -0.1) is 0 Å². The number of hydrogen-bond acceptors (Lipinski definition) is 2. The number of nitrogens with one attached hydrogen (secondary N) is 1. The maximum Gasteiger partial charge on any atom is 0.354 e. The van der Waals surface area contributed by atoms with Crippen LogP contribution in [0, 0.1) is 6.92 Å². The summed E-state index contributed by atoms with van der Waals surface area (Å²) in [7, 11) is 0. The molecule has 2 N–H and O–H groups in total. The van der Waals surface area contributed by atoms with Gasteiger partial charge in [0.2, 0.25) is 0 Å². The monoisotopic (exact) mass is 236 g/mol. The first kappa shape index (κ1) is 10.7. The number of carboxylic acids is 1. The zero-order valence-corrected chi connectivity index (χ0v) is 9.25. The van der Waals surface area contributed by atoms with Crippen molar-refractivity contribution in [1.29, 1.82) is 0 Å². The predicted octanol–water partition coefficient (Wildman–Crippen LogP) is 2.74. The highest BCUT2D eigenvalue weighted by Crippen LogP contribution is 2.24. The Bertz CT molecular complexity index is 549. The van der Waals surface area contributed by atoms with Crippen molar-refractivity contribution in [3.8, 4) is 11.3 Å². The molecular formula is C11H9ClN2O2. The fourth-order valence-electron chi connectivity index (χ4n) is 1.49. The van der Waals surface area contributed by atoms with Crippen LogP contribution in [0.25, 0.3) is 11.3 Å². The average Bonchev–Trinajstić information content (AvgIpc) is 2.60. The third-order valence-corrected chi connectivity index (χ3v) is 2.37. The minimum Gasteiger partial charge on any atom is -0.477 e. The highest BCUT2D eigenvalue weighted by molar-refractivity contribution is 6.30. The number of benzene rings is 1. The zero-order chi connectivity index (χ0) is 11.7. The van der Waals surface area contributed by atoms with Gasteiger partial charge in [0.15, 0.2) is 5.69 Å². The summed E-state index contributed by atoms with van der Waals surface area (Å²) in [5.74, 6) is -0.469. The molecule has 0 aliphatic carbocycles. The summed E-state index contributed by atoms with van der Waals surface area (Å²) in [4.78, 5) is 17.8. The van der Waals surface area contributed by atoms with Gasteiger partial charge in [-0.2, -0.15) is 0 Å². The summed E-state index contributed by atoms with van der Waals surface area (Å²) in [6.45, 7) is 1.71. The minimum absolute atomic E-state index is 0.0831. The van der Waals surface area contributed by atoms with E-state index in [1.807, 2.05) is 0 Å². The highest BCUT2D eigenvalue weighted by atomic mass is 35.5. The number of aromatic amines is 1. The van der Waals surface area contributed by atoms with E-state index < -0.39 is 5.97 Å². The summed E-state index contributed by atoms with van der Waals surface area (Å²) in [5, 5.41) is 9.56. The molecule has 16 heavy (non-hydrogen) atoms. The minimum atomic E-state index is -1.03. The first-order valence-corrected chi connectivity index (χ1v) is 5.01. The van der Waals surface area contributed by atoms with Gasteiger partial charge in [0.05, 0.1) is 0 Å². The number of aromatic carboxylic acids is 1. The van der Waals surface area contributed by atoms with Gasteiger partial charge < -0.3 is 10.1 Å². The molecule has 4 nitrogen and oxygen atoms in total. The van der Waals surface area contributed by atoms with Crippen LogP contribution in [0.2, 0.25) is 5.02 Å². The molecule has 1 heterocycles. The molecule has 0 fully saturated rings. The largest absolute Gasteiger partial charge is 0.477 e. The third-order valence-electron chi connectivity index (χ3n) is 2.13. The lowest BCUT2D eigenvalue weighted by molar-refractivity contribution is 0.0692. The Labute approximate surface area is 96.9 Å². The Balaban J connectivity index is 2.59. The number of carbonyl (C=O) groups is 1. The maximum absolute atomic E-state index is 11.0. The highest BCUT2D eigenvalue weighted by Gasteiger charge is 2.16. The first-order valence-electron chi connectivity index (χ1n) is 4.64. The van der Waals surface area contributed by atoms with Crippen molar-refractivity contribution in [1.82, 2.24) is 9.97 Å². The lowest BCUT2D eigenvalue weighted by Gasteiger charge is -1.99. The fraction of sp³-hybridized carbons (Fsp3) is 0.0909. The van der Waals surface area contributed by atoms with Crippen LogP contribution in [0.4, 0.5) is 0 Å². The standard InChI is InChI=1S/C11H9ClN2O2/c1-6-13-9(10(14-6)11(15)16)7-3-2-4-8(12)5-7/h2-5H,1H3,(H,13,14)(H,15,16). The molecule has 1 aromatic carbocycles. The van der Waals surface area contributed by atoms with Crippen molar-refractivity contribution in [3.05, 3.63) is 40.8 Å². The van der Waals surface area contributed by atoms with Crippen molar-refractivity contribution in [2.75, 3.05) is 0 Å². The molecule has 0 aliphatic heterocycles. The summed E-state index contributed by atoms with van der Waals surface area (Å²) >= 11 is 5.85. The first-order chi connectivity index (χ1) is 7.58. The SMILES string of the molecule is Cc1nc(-c2cccc(Cl)c2)c(C(=O)O)[nH]1. The van der Waals surface area contributed by atoms with E-state index in [4.69, 9.17) is 16.7 Å². The maximum atomic E-state index is 11.0. The van der Waals surface area contributed by atoms with Crippen molar-refractivity contribution < 1.29 is 9.90 Å². The van der Waals surface area contributed by atoms with Crippen LogP contribution in [-0.2, 0) is 0 Å². The number of H-pyrrole nitrogens is 1. The molecule has 82 valence electrons. The average molecular weight is 237 g/mol. The van der Waals surface area contributed by atoms with Crippen molar-refractivity contribution in [2.45, 2.75) is 6.92 Å². The van der Waals surface area contributed by atoms with Crippen LogP contribution in [-0.4, -0.2) is 21.0 Å². The van der Waals surface area contributed by atoms with Gasteiger partial charge in [-0.3, -0.25) is 0 Å². The normalized spacial score (nSPS) is 10.4. The quantitative estimate of drug-likeness (QED) is 0.843. The van der Waals surface area contributed by atoms with E-state index in [0.29, 0.717) is 22.1 Å². The summed E-state index contributed by atoms with van der Waals surface area (Å²) in [6, 6.07) is 6.94. The second-order valence-electron chi connectivity index (χ2n) is 3.36. The summed E-state index contributed by atoms with van der Waals surface area (Å²) in [5.41, 5.74) is 1.18. The summed E-state index contributed by atoms with van der Waals surface area (Å²) in [6.07, 6.45) is 0. The van der Waals surface area contributed by atoms with E-state index in [1.165, 1.54) is 0 Å². The number of rotatable bonds is 2. The Morgan fingerprint density at radius 2 is 2.25 bits per heavy atom. The predicted molar refractivity (Wildman–Crippen MR) is 60.7 cm³/mol. The Hall–Kier alpha value is -1.81. The van der Waals surface area contributed by atoms with Crippen LogP contribution in [0.5, 0.6) is 0 Å². The molecule has 1 aromatic heterocycles. The van der Waals surface area contributed by atoms with Crippen LogP contribution in [0.1, 0.15) is 16.3 Å². The summed E-state index contributed by atoms with van der Waals surface area (Å²) < 4.78 is 0. The number of halogens is 1. The molecule has 0 atom stereocenters. The second-order valence-corrected chi connectivity index (χ2v) is 3.80. The zero-order valence-electron chi connectivity index (χ0n) is 8.49. The molecule has 0 aliphatic rings. The number of aryl methyl sites for hydroxylation is 1. The van der Waals surface area contributed by atoms with Crippen LogP contribution in [0.15, 0.2) is 24.3 Å². The molecule has 0 bridgehead atoms. The molecule has 0 spiro atoms. The number of nitrogens with zero attached hydrogens (tertiary/aromatic N) is 1. The van der Waals surface area contributed by atoms with Crippen LogP contribution >= 0.6 is 11.6 Å². The Morgan fingerprint density at radius 3 is 2.88 bits per heavy atom. The van der Waals surface area contributed by atoms with E-state index >= 15 is 0 Å². The van der Waals surface area contributed by atoms with E-state index in [-0.39, 0.29) is 5.69 Å². The lowest BCUT2D eigenvalue weighted by atomic mass is 10.1. The molecule has 0 saturated carbocycles. The van der Waals surface area contributed by atoms with Crippen molar-refractivity contribution in [3.63, 3.8) is 0 Å². The Morgan fingerprint density at radius 1 is 1.50 bits per heavy atom. The fourth-order valence-corrected chi connectivity index (χ4v) is 1.68. The van der Waals surface area contributed by atoms with Gasteiger partial charge in [0, 0.05) is 10.6 Å². The second kappa shape index (κ2) is 3.98. The van der Waals surface area contributed by atoms with Gasteiger partial charge in [0.1, 0.15) is 11.5 Å². The molecular weight excluding hydrogens is 228 g/mol. The third kappa shape index (κ3) is 1.92. The lowest BCUT2D eigenvalue weighted by Crippen LogP contribution is -1.99. The topological polar surface area (TPSA) is 66.0 Å². The molecule has 0 amide bonds. The van der Waals surface area contributed by atoms with E-state index in [2.05, 4.69) is 9.97 Å². The number of hydrogen-bond donors (Lipinski definition) is 2. The van der Waals surface area contributed by atoms with E-state index in [9.17, 15) is 4.79 Å². The van der Waals surface area contributed by atoms with Gasteiger partial charge in [-0.1, -0.05) is 23.7 Å². The van der Waals surface area contributed by atoms with Gasteiger partial charge in [-0.25, -0.2) is 9.78 Å². The molecule has 2 aromatic rings. The molecule has 0 radical (unpaired) electrons. The molecule has 0 unspecified atom stereocenters. The van der Waals surface area contributed by atoms with Gasteiger partial charge in [-0.05, 0) is 19.1 Å². The number of aromatic nitrogens is 2. The molecule has 0 saturated heterocycles. The Kier molecular flexibility index (Phi) is 2.66. The molecule has 5 heteroatoms. The van der Waals surface area contributed by atoms with Crippen molar-refractivity contribution >= 4 is 17.6 Å². The molecule has 2 rings (SSSR count). The van der Waals surface area contributed by atoms with Crippen LogP contribution in [0.3, 0.4) is 0 Å².